The lowest BCUT2D eigenvalue weighted by Gasteiger charge is -2.28. The van der Waals surface area contributed by atoms with Crippen LogP contribution in [0.3, 0.4) is 0 Å². The second-order valence-corrected chi connectivity index (χ2v) is 5.43. The van der Waals surface area contributed by atoms with Crippen LogP contribution < -0.4 is 10.9 Å². The Morgan fingerprint density at radius 2 is 1.88 bits per heavy atom. The molecule has 24 heavy (non-hydrogen) atoms. The van der Waals surface area contributed by atoms with E-state index in [0.29, 0.717) is 11.3 Å². The van der Waals surface area contributed by atoms with Crippen LogP contribution in [0.5, 0.6) is 0 Å². The number of rotatable bonds is 8. The van der Waals surface area contributed by atoms with Crippen LogP contribution in [0.4, 0.5) is 5.69 Å². The number of fused-ring (bicyclic) bond motifs is 1. The van der Waals surface area contributed by atoms with E-state index in [9.17, 15) is 20.1 Å². The van der Waals surface area contributed by atoms with E-state index in [2.05, 4.69) is 5.32 Å². The molecule has 8 heteroatoms. The van der Waals surface area contributed by atoms with E-state index in [-0.39, 0.29) is 0 Å². The average molecular weight is 339 g/mol. The quantitative estimate of drug-likeness (QED) is 0.325. The molecular formula is C16H21NO7. The fraction of sp³-hybridized carbons (Fsp3) is 0.438. The average Bonchev–Trinajstić information content (AvgIpc) is 2.56. The predicted octanol–water partition coefficient (Wildman–Crippen LogP) is -0.358. The minimum absolute atomic E-state index is 0.358. The van der Waals surface area contributed by atoms with Gasteiger partial charge in [0, 0.05) is 23.2 Å². The van der Waals surface area contributed by atoms with Crippen molar-refractivity contribution < 1.29 is 29.6 Å². The second-order valence-electron chi connectivity index (χ2n) is 5.43. The van der Waals surface area contributed by atoms with Crippen LogP contribution in [-0.2, 0) is 4.74 Å². The summed E-state index contributed by atoms with van der Waals surface area (Å²) in [6, 6.07) is 7.00. The zero-order chi connectivity index (χ0) is 17.7. The normalized spacial score (nSPS) is 16.5. The molecule has 2 aromatic rings. The van der Waals surface area contributed by atoms with Gasteiger partial charge in [0.25, 0.3) is 0 Å². The van der Waals surface area contributed by atoms with Gasteiger partial charge in [0.15, 0.2) is 6.29 Å². The fourth-order valence-electron chi connectivity index (χ4n) is 2.15. The summed E-state index contributed by atoms with van der Waals surface area (Å²) in [5.41, 5.74) is 0.373. The Balaban J connectivity index is 2.13. The van der Waals surface area contributed by atoms with E-state index >= 15 is 0 Å². The minimum Gasteiger partial charge on any atom is -0.423 e. The number of nitrogens with one attached hydrogen (secondary N) is 1. The third-order valence-corrected chi connectivity index (χ3v) is 3.55. The van der Waals surface area contributed by atoms with E-state index in [0.717, 1.165) is 5.39 Å². The maximum Gasteiger partial charge on any atom is 0.336 e. The van der Waals surface area contributed by atoms with Gasteiger partial charge in [-0.25, -0.2) is 4.79 Å². The van der Waals surface area contributed by atoms with Gasteiger partial charge in [0.05, 0.1) is 19.3 Å². The smallest absolute Gasteiger partial charge is 0.336 e. The number of aliphatic hydroxyl groups is 4. The highest BCUT2D eigenvalue weighted by atomic mass is 16.6. The molecule has 0 spiro atoms. The van der Waals surface area contributed by atoms with Crippen molar-refractivity contribution in [1.29, 1.82) is 0 Å². The van der Waals surface area contributed by atoms with Crippen LogP contribution in [0, 0.1) is 0 Å². The summed E-state index contributed by atoms with van der Waals surface area (Å²) >= 11 is 0. The molecule has 0 aliphatic rings. The van der Waals surface area contributed by atoms with Crippen molar-refractivity contribution in [2.45, 2.75) is 31.5 Å². The lowest BCUT2D eigenvalue weighted by atomic mass is 10.2. The topological polar surface area (TPSA) is 132 Å². The van der Waals surface area contributed by atoms with Gasteiger partial charge < -0.3 is 34.9 Å². The van der Waals surface area contributed by atoms with Crippen LogP contribution in [0.25, 0.3) is 11.0 Å². The Kier molecular flexibility index (Phi) is 6.29. The van der Waals surface area contributed by atoms with Crippen molar-refractivity contribution in [3.05, 3.63) is 40.8 Å². The van der Waals surface area contributed by atoms with E-state index in [4.69, 9.17) is 14.3 Å². The number of hydrogen-bond donors (Lipinski definition) is 5. The third kappa shape index (κ3) is 4.53. The monoisotopic (exact) mass is 339 g/mol. The summed E-state index contributed by atoms with van der Waals surface area (Å²) in [7, 11) is 0. The van der Waals surface area contributed by atoms with Crippen LogP contribution in [0.1, 0.15) is 6.92 Å². The molecule has 0 saturated heterocycles. The second kappa shape index (κ2) is 8.22. The predicted molar refractivity (Wildman–Crippen MR) is 86.6 cm³/mol. The first kappa shape index (κ1) is 18.4. The molecule has 0 saturated carbocycles. The largest absolute Gasteiger partial charge is 0.423 e. The van der Waals surface area contributed by atoms with Gasteiger partial charge in [-0.3, -0.25) is 0 Å². The SMILES string of the molecule is C[C@H](O)C(CO)OC(O)[C@H](CO)Nc1ccc2ccc(=O)oc2c1. The Morgan fingerprint density at radius 1 is 1.17 bits per heavy atom. The van der Waals surface area contributed by atoms with E-state index in [1.54, 1.807) is 24.3 Å². The lowest BCUT2D eigenvalue weighted by Crippen LogP contribution is -2.44. The molecule has 4 atom stereocenters. The lowest BCUT2D eigenvalue weighted by molar-refractivity contribution is -0.182. The van der Waals surface area contributed by atoms with Crippen molar-refractivity contribution in [2.75, 3.05) is 18.5 Å². The first-order valence-corrected chi connectivity index (χ1v) is 7.48. The zero-order valence-electron chi connectivity index (χ0n) is 13.1. The molecule has 1 aromatic heterocycles. The molecule has 1 aromatic carbocycles. The van der Waals surface area contributed by atoms with E-state index in [1.807, 2.05) is 0 Å². The molecule has 2 rings (SSSR count). The number of benzene rings is 1. The highest BCUT2D eigenvalue weighted by Gasteiger charge is 2.25. The minimum atomic E-state index is -1.47. The zero-order valence-corrected chi connectivity index (χ0v) is 13.1. The van der Waals surface area contributed by atoms with Crippen LogP contribution in [-0.4, -0.2) is 58.2 Å². The first-order valence-electron chi connectivity index (χ1n) is 7.48. The Hall–Kier alpha value is -1.97. The standard InChI is InChI=1S/C16H21NO7/c1-9(20)14(8-19)24-16(22)12(7-18)17-11-4-2-10-3-5-15(21)23-13(10)6-11/h2-6,9,12,14,16-20,22H,7-8H2,1H3/t9-,12-,14?,16?/m0/s1. The van der Waals surface area contributed by atoms with Crippen LogP contribution in [0.2, 0.25) is 0 Å². The van der Waals surface area contributed by atoms with E-state index < -0.39 is 43.4 Å². The Bertz CT molecular complexity index is 715. The first-order chi connectivity index (χ1) is 11.4. The molecule has 0 aliphatic carbocycles. The number of hydrogen-bond acceptors (Lipinski definition) is 8. The van der Waals surface area contributed by atoms with Gasteiger partial charge in [-0.1, -0.05) is 0 Å². The summed E-state index contributed by atoms with van der Waals surface area (Å²) < 4.78 is 10.2. The molecule has 132 valence electrons. The van der Waals surface area contributed by atoms with Gasteiger partial charge >= 0.3 is 5.63 Å². The fourth-order valence-corrected chi connectivity index (χ4v) is 2.15. The van der Waals surface area contributed by atoms with Crippen LogP contribution >= 0.6 is 0 Å². The van der Waals surface area contributed by atoms with Crippen molar-refractivity contribution in [3.63, 3.8) is 0 Å². The molecule has 0 radical (unpaired) electrons. The van der Waals surface area contributed by atoms with Crippen molar-refractivity contribution in [2.24, 2.45) is 0 Å². The Labute approximate surface area is 137 Å². The van der Waals surface area contributed by atoms with Crippen molar-refractivity contribution in [1.82, 2.24) is 0 Å². The number of ether oxygens (including phenoxy) is 1. The van der Waals surface area contributed by atoms with Gasteiger partial charge in [0.2, 0.25) is 0 Å². The highest BCUT2D eigenvalue weighted by molar-refractivity contribution is 5.80. The van der Waals surface area contributed by atoms with Gasteiger partial charge in [0.1, 0.15) is 17.7 Å². The summed E-state index contributed by atoms with van der Waals surface area (Å²) in [6.45, 7) is 0.476. The van der Waals surface area contributed by atoms with Crippen molar-refractivity contribution in [3.8, 4) is 0 Å². The summed E-state index contributed by atoms with van der Waals surface area (Å²) in [5, 5.41) is 41.6. The maximum absolute atomic E-state index is 11.3. The van der Waals surface area contributed by atoms with Gasteiger partial charge in [-0.15, -0.1) is 0 Å². The molecule has 0 fully saturated rings. The molecule has 0 bridgehead atoms. The molecule has 0 amide bonds. The number of anilines is 1. The molecule has 5 N–H and O–H groups in total. The summed E-state index contributed by atoms with van der Waals surface area (Å²) in [4.78, 5) is 11.3. The summed E-state index contributed by atoms with van der Waals surface area (Å²) in [6.07, 6.45) is -3.44. The molecule has 2 unspecified atom stereocenters. The van der Waals surface area contributed by atoms with E-state index in [1.165, 1.54) is 13.0 Å². The summed E-state index contributed by atoms with van der Waals surface area (Å²) in [5.74, 6) is 0. The van der Waals surface area contributed by atoms with Crippen LogP contribution in [0.15, 0.2) is 39.5 Å². The molecule has 1 heterocycles. The highest BCUT2D eigenvalue weighted by Crippen LogP contribution is 2.19. The van der Waals surface area contributed by atoms with Crippen molar-refractivity contribution >= 4 is 16.7 Å². The maximum atomic E-state index is 11.3. The third-order valence-electron chi connectivity index (χ3n) is 3.55. The molecular weight excluding hydrogens is 318 g/mol. The molecule has 8 nitrogen and oxygen atoms in total. The molecule has 0 aliphatic heterocycles. The number of aliphatic hydroxyl groups excluding tert-OH is 4. The van der Waals surface area contributed by atoms with Gasteiger partial charge in [-0.2, -0.15) is 0 Å². The van der Waals surface area contributed by atoms with Gasteiger partial charge in [-0.05, 0) is 25.1 Å². The Morgan fingerprint density at radius 3 is 2.50 bits per heavy atom.